The lowest BCUT2D eigenvalue weighted by Crippen LogP contribution is -2.49. The van der Waals surface area contributed by atoms with Crippen LogP contribution in [0.1, 0.15) is 56.1 Å². The third-order valence-corrected chi connectivity index (χ3v) is 4.75. The van der Waals surface area contributed by atoms with Gasteiger partial charge in [0, 0.05) is 5.54 Å². The molecule has 2 aliphatic rings. The fraction of sp³-hybridized carbons (Fsp3) is 0.600. The number of halogens is 1. The third-order valence-electron chi connectivity index (χ3n) is 4.75. The molecular weight excluding hydrogens is 230 g/mol. The zero-order chi connectivity index (χ0) is 11.2. The molecule has 3 rings (SSSR count). The molecule has 1 aromatic carbocycles. The molecule has 1 nitrogen and oxygen atoms in total. The standard InChI is InChI=1S/C15H21N.ClH/c1-11-10-12-6-4-5-9-15(12,16)14-8-3-2-7-13(11)14;/h2-3,7-8,11-12H,4-6,9-10,16H2,1H3;1H. The molecule has 17 heavy (non-hydrogen) atoms. The average molecular weight is 252 g/mol. The van der Waals surface area contributed by atoms with Gasteiger partial charge in [-0.2, -0.15) is 0 Å². The molecule has 1 saturated carbocycles. The molecule has 1 fully saturated rings. The molecule has 0 aliphatic heterocycles. The molecule has 0 saturated heterocycles. The van der Waals surface area contributed by atoms with Gasteiger partial charge in [-0.25, -0.2) is 0 Å². The highest BCUT2D eigenvalue weighted by atomic mass is 35.5. The van der Waals surface area contributed by atoms with E-state index in [0.717, 1.165) is 0 Å². The van der Waals surface area contributed by atoms with Gasteiger partial charge in [0.1, 0.15) is 0 Å². The lowest BCUT2D eigenvalue weighted by Gasteiger charge is -2.48. The van der Waals surface area contributed by atoms with E-state index in [9.17, 15) is 0 Å². The van der Waals surface area contributed by atoms with Crippen molar-refractivity contribution >= 4 is 12.4 Å². The van der Waals surface area contributed by atoms with E-state index in [1.165, 1.54) is 43.2 Å². The Hall–Kier alpha value is -0.530. The summed E-state index contributed by atoms with van der Waals surface area (Å²) in [4.78, 5) is 0. The molecule has 0 amide bonds. The minimum absolute atomic E-state index is 0. The second-order valence-electron chi connectivity index (χ2n) is 5.71. The van der Waals surface area contributed by atoms with Crippen molar-refractivity contribution in [2.75, 3.05) is 0 Å². The fourth-order valence-corrected chi connectivity index (χ4v) is 3.86. The van der Waals surface area contributed by atoms with Crippen LogP contribution in [-0.2, 0) is 5.54 Å². The van der Waals surface area contributed by atoms with Gasteiger partial charge in [-0.3, -0.25) is 0 Å². The van der Waals surface area contributed by atoms with Crippen molar-refractivity contribution in [3.63, 3.8) is 0 Å². The lowest BCUT2D eigenvalue weighted by atomic mass is 9.61. The van der Waals surface area contributed by atoms with Gasteiger partial charge in [0.2, 0.25) is 0 Å². The molecule has 3 atom stereocenters. The third kappa shape index (κ3) is 1.90. The first-order chi connectivity index (χ1) is 7.72. The summed E-state index contributed by atoms with van der Waals surface area (Å²) in [6.45, 7) is 2.35. The Morgan fingerprint density at radius 2 is 2.00 bits per heavy atom. The molecule has 0 aromatic heterocycles. The Bertz CT molecular complexity index is 404. The zero-order valence-electron chi connectivity index (χ0n) is 10.5. The van der Waals surface area contributed by atoms with Crippen LogP contribution in [0.25, 0.3) is 0 Å². The molecule has 3 unspecified atom stereocenters. The van der Waals surface area contributed by atoms with E-state index in [-0.39, 0.29) is 17.9 Å². The van der Waals surface area contributed by atoms with Gasteiger partial charge in [0.15, 0.2) is 0 Å². The number of hydrogen-bond acceptors (Lipinski definition) is 1. The monoisotopic (exact) mass is 251 g/mol. The summed E-state index contributed by atoms with van der Waals surface area (Å²) in [5.74, 6) is 1.40. The maximum Gasteiger partial charge on any atom is 0.0441 e. The predicted molar refractivity (Wildman–Crippen MR) is 74.5 cm³/mol. The van der Waals surface area contributed by atoms with Gasteiger partial charge in [-0.05, 0) is 42.2 Å². The van der Waals surface area contributed by atoms with Crippen LogP contribution in [-0.4, -0.2) is 0 Å². The predicted octanol–water partition coefficient (Wildman–Crippen LogP) is 3.96. The van der Waals surface area contributed by atoms with Gasteiger partial charge in [-0.15, -0.1) is 12.4 Å². The minimum Gasteiger partial charge on any atom is -0.321 e. The van der Waals surface area contributed by atoms with E-state index < -0.39 is 0 Å². The average Bonchev–Trinajstić information content (AvgIpc) is 2.31. The summed E-state index contributed by atoms with van der Waals surface area (Å²) < 4.78 is 0. The van der Waals surface area contributed by atoms with Crippen molar-refractivity contribution in [3.8, 4) is 0 Å². The molecule has 0 heterocycles. The smallest absolute Gasteiger partial charge is 0.0441 e. The summed E-state index contributed by atoms with van der Waals surface area (Å²) in [6, 6.07) is 8.85. The number of rotatable bonds is 0. The Kier molecular flexibility index (Phi) is 3.51. The van der Waals surface area contributed by atoms with Crippen molar-refractivity contribution in [2.24, 2.45) is 11.7 Å². The van der Waals surface area contributed by atoms with Gasteiger partial charge >= 0.3 is 0 Å². The largest absolute Gasteiger partial charge is 0.321 e. The summed E-state index contributed by atoms with van der Waals surface area (Å²) in [5.41, 5.74) is 9.67. The number of nitrogens with two attached hydrogens (primary N) is 1. The highest BCUT2D eigenvalue weighted by Gasteiger charge is 2.44. The van der Waals surface area contributed by atoms with Crippen LogP contribution in [0.15, 0.2) is 24.3 Å². The Morgan fingerprint density at radius 1 is 1.24 bits per heavy atom. The van der Waals surface area contributed by atoms with Crippen molar-refractivity contribution in [3.05, 3.63) is 35.4 Å². The first-order valence-corrected chi connectivity index (χ1v) is 6.60. The molecule has 2 heteroatoms. The highest BCUT2D eigenvalue weighted by Crippen LogP contribution is 2.50. The second-order valence-corrected chi connectivity index (χ2v) is 5.71. The zero-order valence-corrected chi connectivity index (χ0v) is 11.3. The first kappa shape index (κ1) is 12.9. The number of benzene rings is 1. The number of hydrogen-bond donors (Lipinski definition) is 1. The second kappa shape index (κ2) is 4.62. The van der Waals surface area contributed by atoms with E-state index in [1.54, 1.807) is 0 Å². The molecule has 94 valence electrons. The van der Waals surface area contributed by atoms with Gasteiger partial charge in [-0.1, -0.05) is 44.0 Å². The van der Waals surface area contributed by atoms with Crippen molar-refractivity contribution in [2.45, 2.75) is 50.5 Å². The molecule has 0 radical (unpaired) electrons. The molecular formula is C15H22ClN. The van der Waals surface area contributed by atoms with Crippen LogP contribution >= 0.6 is 12.4 Å². The summed E-state index contributed by atoms with van der Waals surface area (Å²) >= 11 is 0. The SMILES string of the molecule is CC1CC2CCCCC2(N)c2ccccc21.Cl. The van der Waals surface area contributed by atoms with E-state index in [0.29, 0.717) is 11.8 Å². The topological polar surface area (TPSA) is 26.0 Å². The normalized spacial score (nSPS) is 35.4. The van der Waals surface area contributed by atoms with E-state index in [1.807, 2.05) is 0 Å². The lowest BCUT2D eigenvalue weighted by molar-refractivity contribution is 0.154. The molecule has 2 N–H and O–H groups in total. The summed E-state index contributed by atoms with van der Waals surface area (Å²) in [7, 11) is 0. The number of fused-ring (bicyclic) bond motifs is 3. The van der Waals surface area contributed by atoms with E-state index in [2.05, 4.69) is 31.2 Å². The Labute approximate surface area is 110 Å². The van der Waals surface area contributed by atoms with Crippen LogP contribution in [0.4, 0.5) is 0 Å². The Balaban J connectivity index is 0.00000108. The van der Waals surface area contributed by atoms with Crippen molar-refractivity contribution in [1.29, 1.82) is 0 Å². The van der Waals surface area contributed by atoms with E-state index in [4.69, 9.17) is 5.73 Å². The Morgan fingerprint density at radius 3 is 2.82 bits per heavy atom. The molecule has 1 aromatic rings. The van der Waals surface area contributed by atoms with E-state index >= 15 is 0 Å². The van der Waals surface area contributed by atoms with Crippen LogP contribution in [0.5, 0.6) is 0 Å². The quantitative estimate of drug-likeness (QED) is 0.742. The van der Waals surface area contributed by atoms with Crippen molar-refractivity contribution in [1.82, 2.24) is 0 Å². The van der Waals surface area contributed by atoms with Crippen LogP contribution in [0.3, 0.4) is 0 Å². The fourth-order valence-electron chi connectivity index (χ4n) is 3.86. The first-order valence-electron chi connectivity index (χ1n) is 6.60. The maximum absolute atomic E-state index is 6.74. The van der Waals surface area contributed by atoms with Crippen LogP contribution in [0.2, 0.25) is 0 Å². The maximum atomic E-state index is 6.74. The molecule has 2 aliphatic carbocycles. The van der Waals surface area contributed by atoms with Gasteiger partial charge in [0.05, 0.1) is 0 Å². The van der Waals surface area contributed by atoms with Crippen molar-refractivity contribution < 1.29 is 0 Å². The van der Waals surface area contributed by atoms with Gasteiger partial charge < -0.3 is 5.73 Å². The molecule has 0 bridgehead atoms. The molecule has 0 spiro atoms. The highest BCUT2D eigenvalue weighted by molar-refractivity contribution is 5.85. The van der Waals surface area contributed by atoms with Gasteiger partial charge in [0.25, 0.3) is 0 Å². The minimum atomic E-state index is -0.0125. The summed E-state index contributed by atoms with van der Waals surface area (Å²) in [6.07, 6.45) is 6.47. The summed E-state index contributed by atoms with van der Waals surface area (Å²) in [5, 5.41) is 0. The van der Waals surface area contributed by atoms with Crippen LogP contribution in [0, 0.1) is 5.92 Å². The van der Waals surface area contributed by atoms with Crippen LogP contribution < -0.4 is 5.73 Å².